The van der Waals surface area contributed by atoms with Crippen LogP contribution in [0.15, 0.2) is 24.3 Å². The molecule has 2 unspecified atom stereocenters. The molecule has 2 heterocycles. The summed E-state index contributed by atoms with van der Waals surface area (Å²) in [4.78, 5) is 23.9. The van der Waals surface area contributed by atoms with Gasteiger partial charge in [0.05, 0.1) is 0 Å². The number of carbonyl (C=O) groups excluding carboxylic acids is 2. The van der Waals surface area contributed by atoms with E-state index in [0.29, 0.717) is 48.8 Å². The average molecular weight is 400 g/mol. The van der Waals surface area contributed by atoms with Gasteiger partial charge in [-0.1, -0.05) is 11.6 Å². The first kappa shape index (κ1) is 21.0. The minimum atomic E-state index is -0.0495. The average Bonchev–Trinajstić information content (AvgIpc) is 2.92. The molecule has 1 aromatic carbocycles. The van der Waals surface area contributed by atoms with Crippen molar-refractivity contribution in [2.24, 2.45) is 5.92 Å². The predicted octanol–water partition coefficient (Wildman–Crippen LogP) is 3.52. The van der Waals surface area contributed by atoms with Crippen molar-refractivity contribution in [1.29, 1.82) is 0 Å². The molecule has 2 fully saturated rings. The maximum atomic E-state index is 12.1. The lowest BCUT2D eigenvalue weighted by Gasteiger charge is -2.28. The summed E-state index contributed by atoms with van der Waals surface area (Å²) in [6, 6.07) is 8.26. The summed E-state index contributed by atoms with van der Waals surface area (Å²) in [6.45, 7) is 0.546. The van der Waals surface area contributed by atoms with E-state index in [4.69, 9.17) is 11.6 Å². The Morgan fingerprint density at radius 2 is 1.73 bits per heavy atom. The molecule has 0 radical (unpaired) electrons. The zero-order chi connectivity index (χ0) is 17.6. The van der Waals surface area contributed by atoms with Gasteiger partial charge in [0.1, 0.15) is 0 Å². The highest BCUT2D eigenvalue weighted by atomic mass is 35.5. The van der Waals surface area contributed by atoms with Gasteiger partial charge in [0.25, 0.3) is 0 Å². The van der Waals surface area contributed by atoms with E-state index >= 15 is 0 Å². The van der Waals surface area contributed by atoms with E-state index in [1.165, 1.54) is 12.8 Å². The molecule has 5 nitrogen and oxygen atoms in total. The summed E-state index contributed by atoms with van der Waals surface area (Å²) < 4.78 is 0. The van der Waals surface area contributed by atoms with E-state index < -0.39 is 0 Å². The summed E-state index contributed by atoms with van der Waals surface area (Å²) in [7, 11) is 0. The molecule has 1 aromatic rings. The lowest BCUT2D eigenvalue weighted by molar-refractivity contribution is -0.122. The maximum Gasteiger partial charge on any atom is 0.224 e. The zero-order valence-electron chi connectivity index (χ0n) is 14.8. The van der Waals surface area contributed by atoms with Crippen molar-refractivity contribution in [2.75, 3.05) is 11.9 Å². The van der Waals surface area contributed by atoms with Crippen LogP contribution >= 0.6 is 24.0 Å². The molecule has 0 saturated carbocycles. The van der Waals surface area contributed by atoms with E-state index in [0.717, 1.165) is 18.5 Å². The van der Waals surface area contributed by atoms with Crippen LogP contribution in [0.2, 0.25) is 5.02 Å². The third kappa shape index (κ3) is 6.45. The first-order valence-corrected chi connectivity index (χ1v) is 9.54. The first-order valence-electron chi connectivity index (χ1n) is 9.16. The molecule has 2 bridgehead atoms. The number of fused-ring (bicyclic) bond motifs is 2. The summed E-state index contributed by atoms with van der Waals surface area (Å²) in [5.41, 5.74) is 0.735. The third-order valence-corrected chi connectivity index (χ3v) is 5.33. The second-order valence-corrected chi connectivity index (χ2v) is 7.62. The Kier molecular flexibility index (Phi) is 8.19. The molecular weight excluding hydrogens is 373 g/mol. The molecule has 0 spiro atoms. The normalized spacial score (nSPS) is 23.8. The van der Waals surface area contributed by atoms with Crippen LogP contribution in [-0.2, 0) is 9.59 Å². The molecule has 2 amide bonds. The van der Waals surface area contributed by atoms with Gasteiger partial charge in [-0.25, -0.2) is 0 Å². The van der Waals surface area contributed by atoms with Crippen LogP contribution in [0.3, 0.4) is 0 Å². The molecule has 2 aliphatic rings. The van der Waals surface area contributed by atoms with E-state index in [1.807, 2.05) is 0 Å². The SMILES string of the molecule is Cl.O=C(CC1CC2CCC(C1)N2)NCCCC(=O)Nc1ccc(Cl)cc1. The van der Waals surface area contributed by atoms with Crippen molar-refractivity contribution in [1.82, 2.24) is 10.6 Å². The van der Waals surface area contributed by atoms with Crippen LogP contribution in [-0.4, -0.2) is 30.4 Å². The lowest BCUT2D eigenvalue weighted by Crippen LogP contribution is -2.39. The van der Waals surface area contributed by atoms with Gasteiger partial charge in [-0.05, 0) is 62.3 Å². The topological polar surface area (TPSA) is 70.2 Å². The van der Waals surface area contributed by atoms with Crippen LogP contribution in [0.25, 0.3) is 0 Å². The lowest BCUT2D eigenvalue weighted by atomic mass is 9.89. The number of nitrogens with one attached hydrogen (secondary N) is 3. The fraction of sp³-hybridized carbons (Fsp3) is 0.579. The number of carbonyl (C=O) groups is 2. The minimum Gasteiger partial charge on any atom is -0.356 e. The number of rotatable bonds is 7. The molecule has 2 saturated heterocycles. The second-order valence-electron chi connectivity index (χ2n) is 7.19. The molecular formula is C19H27Cl2N3O2. The van der Waals surface area contributed by atoms with Crippen molar-refractivity contribution in [3.63, 3.8) is 0 Å². The van der Waals surface area contributed by atoms with Gasteiger partial charge in [0.2, 0.25) is 11.8 Å². The summed E-state index contributed by atoms with van der Waals surface area (Å²) in [5.74, 6) is 0.572. The Bertz CT molecular complexity index is 597. The molecule has 0 aromatic heterocycles. The van der Waals surface area contributed by atoms with Crippen molar-refractivity contribution >= 4 is 41.5 Å². The number of benzene rings is 1. The van der Waals surface area contributed by atoms with Crippen LogP contribution in [0.5, 0.6) is 0 Å². The Morgan fingerprint density at radius 3 is 2.38 bits per heavy atom. The fourth-order valence-electron chi connectivity index (χ4n) is 3.91. The fourth-order valence-corrected chi connectivity index (χ4v) is 4.04. The number of amides is 2. The second kappa shape index (κ2) is 10.1. The predicted molar refractivity (Wildman–Crippen MR) is 107 cm³/mol. The van der Waals surface area contributed by atoms with Gasteiger partial charge in [0.15, 0.2) is 0 Å². The van der Waals surface area contributed by atoms with E-state index in [-0.39, 0.29) is 24.2 Å². The number of piperidine rings is 1. The van der Waals surface area contributed by atoms with Crippen molar-refractivity contribution in [2.45, 2.75) is 57.0 Å². The maximum absolute atomic E-state index is 12.1. The van der Waals surface area contributed by atoms with Crippen molar-refractivity contribution in [3.8, 4) is 0 Å². The molecule has 3 rings (SSSR count). The van der Waals surface area contributed by atoms with E-state index in [2.05, 4.69) is 16.0 Å². The van der Waals surface area contributed by atoms with Crippen LogP contribution in [0.4, 0.5) is 5.69 Å². The number of halogens is 2. The van der Waals surface area contributed by atoms with Gasteiger partial charge in [0, 0.05) is 42.2 Å². The minimum absolute atomic E-state index is 0. The smallest absolute Gasteiger partial charge is 0.224 e. The van der Waals surface area contributed by atoms with Gasteiger partial charge in [-0.2, -0.15) is 0 Å². The van der Waals surface area contributed by atoms with Gasteiger partial charge in [-0.3, -0.25) is 9.59 Å². The molecule has 7 heteroatoms. The monoisotopic (exact) mass is 399 g/mol. The summed E-state index contributed by atoms with van der Waals surface area (Å²) >= 11 is 5.81. The molecule has 144 valence electrons. The zero-order valence-corrected chi connectivity index (χ0v) is 16.4. The Hall–Kier alpha value is -1.30. The summed E-state index contributed by atoms with van der Waals surface area (Å²) in [6.07, 6.45) is 6.40. The number of hydrogen-bond donors (Lipinski definition) is 3. The Morgan fingerprint density at radius 1 is 1.08 bits per heavy atom. The Balaban J connectivity index is 0.00000243. The largest absolute Gasteiger partial charge is 0.356 e. The van der Waals surface area contributed by atoms with Gasteiger partial charge >= 0.3 is 0 Å². The van der Waals surface area contributed by atoms with Crippen molar-refractivity contribution < 1.29 is 9.59 Å². The molecule has 0 aliphatic carbocycles. The number of anilines is 1. The highest BCUT2D eigenvalue weighted by Crippen LogP contribution is 2.32. The highest BCUT2D eigenvalue weighted by Gasteiger charge is 2.34. The Labute approximate surface area is 166 Å². The van der Waals surface area contributed by atoms with Crippen LogP contribution < -0.4 is 16.0 Å². The van der Waals surface area contributed by atoms with Gasteiger partial charge < -0.3 is 16.0 Å². The molecule has 2 aliphatic heterocycles. The van der Waals surface area contributed by atoms with Crippen LogP contribution in [0.1, 0.15) is 44.9 Å². The molecule has 26 heavy (non-hydrogen) atoms. The van der Waals surface area contributed by atoms with Crippen molar-refractivity contribution in [3.05, 3.63) is 29.3 Å². The molecule has 2 atom stereocenters. The number of hydrogen-bond acceptors (Lipinski definition) is 3. The van der Waals surface area contributed by atoms with E-state index in [9.17, 15) is 9.59 Å². The van der Waals surface area contributed by atoms with E-state index in [1.54, 1.807) is 24.3 Å². The quantitative estimate of drug-likeness (QED) is 0.614. The third-order valence-electron chi connectivity index (χ3n) is 5.08. The standard InChI is InChI=1S/C19H26ClN3O2.ClH/c20-14-3-5-15(6-4-14)23-18(24)2-1-9-21-19(25)12-13-10-16-7-8-17(11-13)22-16;/h3-6,13,16-17,22H,1-2,7-12H2,(H,21,25)(H,23,24);1H. The first-order chi connectivity index (χ1) is 12.1. The summed E-state index contributed by atoms with van der Waals surface area (Å²) in [5, 5.41) is 10.0. The molecule has 3 N–H and O–H groups in total. The van der Waals surface area contributed by atoms with Gasteiger partial charge in [-0.15, -0.1) is 12.4 Å². The highest BCUT2D eigenvalue weighted by molar-refractivity contribution is 6.30. The van der Waals surface area contributed by atoms with Crippen LogP contribution in [0, 0.1) is 5.92 Å².